The van der Waals surface area contributed by atoms with Crippen molar-refractivity contribution in [2.24, 2.45) is 0 Å². The first-order chi connectivity index (χ1) is 6.55. The molecule has 15 heavy (non-hydrogen) atoms. The van der Waals surface area contributed by atoms with Gasteiger partial charge < -0.3 is 14.3 Å². The highest BCUT2D eigenvalue weighted by Crippen LogP contribution is 2.38. The first-order valence-corrected chi connectivity index (χ1v) is 5.79. The summed E-state index contributed by atoms with van der Waals surface area (Å²) in [7, 11) is 0.699. The lowest BCUT2D eigenvalue weighted by Gasteiger charge is -2.27. The van der Waals surface area contributed by atoms with E-state index in [-0.39, 0.29) is 6.54 Å². The van der Waals surface area contributed by atoms with Crippen molar-refractivity contribution in [3.63, 3.8) is 0 Å². The van der Waals surface area contributed by atoms with Gasteiger partial charge in [0.15, 0.2) is 11.9 Å². The summed E-state index contributed by atoms with van der Waals surface area (Å²) < 4.78 is 15.4. The van der Waals surface area contributed by atoms with Crippen molar-refractivity contribution in [1.29, 1.82) is 0 Å². The Hall–Kier alpha value is -0.520. The molecule has 0 amide bonds. The molecular formula is C8H17NO5P+. The summed E-state index contributed by atoms with van der Waals surface area (Å²) in [5.41, 5.74) is 0. The van der Waals surface area contributed by atoms with E-state index in [1.54, 1.807) is 21.1 Å². The molecule has 0 aromatic rings. The number of hydrogen-bond donors (Lipinski definition) is 2. The molecule has 0 bridgehead atoms. The van der Waals surface area contributed by atoms with Gasteiger partial charge in [0.05, 0.1) is 21.1 Å². The Kier molecular flexibility index (Phi) is 4.83. The van der Waals surface area contributed by atoms with Gasteiger partial charge in [-0.25, -0.2) is 4.57 Å². The van der Waals surface area contributed by atoms with E-state index in [2.05, 4.69) is 11.1 Å². The van der Waals surface area contributed by atoms with Crippen LogP contribution in [0.4, 0.5) is 0 Å². The van der Waals surface area contributed by atoms with E-state index in [0.717, 1.165) is 6.08 Å². The van der Waals surface area contributed by atoms with E-state index in [0.29, 0.717) is 4.48 Å². The third kappa shape index (κ3) is 7.41. The monoisotopic (exact) mass is 238 g/mol. The first kappa shape index (κ1) is 14.5. The first-order valence-electron chi connectivity index (χ1n) is 4.26. The molecule has 0 saturated carbocycles. The molecule has 0 fully saturated rings. The van der Waals surface area contributed by atoms with E-state index in [1.807, 2.05) is 0 Å². The number of rotatable bonds is 6. The van der Waals surface area contributed by atoms with Gasteiger partial charge in [-0.3, -0.25) is 9.32 Å². The summed E-state index contributed by atoms with van der Waals surface area (Å²) >= 11 is 0. The van der Waals surface area contributed by atoms with Gasteiger partial charge in [-0.1, -0.05) is 6.58 Å². The number of nitrogens with zero attached hydrogens (tertiary/aromatic N) is 1. The van der Waals surface area contributed by atoms with Gasteiger partial charge in [0.2, 0.25) is 0 Å². The van der Waals surface area contributed by atoms with Crippen molar-refractivity contribution in [2.45, 2.75) is 6.10 Å². The lowest BCUT2D eigenvalue weighted by Crippen LogP contribution is -2.44. The minimum atomic E-state index is -4.65. The summed E-state index contributed by atoms with van der Waals surface area (Å²) in [6.07, 6.45) is -0.168. The minimum absolute atomic E-state index is 0.163. The molecule has 0 spiro atoms. The summed E-state index contributed by atoms with van der Waals surface area (Å²) in [5.74, 6) is -0.536. The van der Waals surface area contributed by atoms with Crippen molar-refractivity contribution in [1.82, 2.24) is 0 Å². The van der Waals surface area contributed by atoms with Gasteiger partial charge in [-0.05, 0) is 6.08 Å². The minimum Gasteiger partial charge on any atom is -0.328 e. The van der Waals surface area contributed by atoms with E-state index >= 15 is 0 Å². The molecule has 0 aliphatic heterocycles. The van der Waals surface area contributed by atoms with Crippen molar-refractivity contribution in [3.8, 4) is 0 Å². The highest BCUT2D eigenvalue weighted by Gasteiger charge is 2.31. The summed E-state index contributed by atoms with van der Waals surface area (Å²) in [6, 6.07) is 0. The molecule has 0 aliphatic rings. The molecule has 0 rings (SSSR count). The fourth-order valence-corrected chi connectivity index (χ4v) is 1.47. The Balaban J connectivity index is 4.68. The van der Waals surface area contributed by atoms with Gasteiger partial charge in [0.25, 0.3) is 0 Å². The third-order valence-electron chi connectivity index (χ3n) is 1.50. The van der Waals surface area contributed by atoms with Crippen LogP contribution >= 0.6 is 7.82 Å². The van der Waals surface area contributed by atoms with Gasteiger partial charge in [0.1, 0.15) is 6.54 Å². The SMILES string of the molecule is C=CC(=O)C(C[N+](C)(C)C)OP(=O)(O)O. The Bertz CT molecular complexity index is 290. The molecule has 0 heterocycles. The molecule has 0 aromatic heterocycles. The number of phosphoric acid groups is 1. The Morgan fingerprint density at radius 1 is 1.53 bits per heavy atom. The van der Waals surface area contributed by atoms with Crippen molar-refractivity contribution < 1.29 is 28.2 Å². The molecule has 0 saturated heterocycles. The van der Waals surface area contributed by atoms with Gasteiger partial charge in [0, 0.05) is 0 Å². The standard InChI is InChI=1S/C8H16NO5P/c1-5-7(10)8(6-9(2,3)4)14-15(11,12)13/h5,8H,1,6H2,2-4H3,(H-,11,12,13)/p+1. The van der Waals surface area contributed by atoms with Crippen LogP contribution in [-0.2, 0) is 13.9 Å². The number of carbonyl (C=O) groups is 1. The Morgan fingerprint density at radius 3 is 2.27 bits per heavy atom. The average molecular weight is 238 g/mol. The van der Waals surface area contributed by atoms with Gasteiger partial charge in [-0.15, -0.1) is 0 Å². The molecule has 0 aliphatic carbocycles. The topological polar surface area (TPSA) is 83.8 Å². The molecule has 1 unspecified atom stereocenters. The van der Waals surface area contributed by atoms with E-state index in [9.17, 15) is 9.36 Å². The maximum absolute atomic E-state index is 11.3. The number of ketones is 1. The number of hydrogen-bond acceptors (Lipinski definition) is 3. The fourth-order valence-electron chi connectivity index (χ4n) is 0.970. The Labute approximate surface area is 89.0 Å². The second-order valence-corrected chi connectivity index (χ2v) is 5.36. The molecule has 88 valence electrons. The lowest BCUT2D eigenvalue weighted by atomic mass is 10.2. The number of phosphoric ester groups is 1. The van der Waals surface area contributed by atoms with Crippen LogP contribution in [0.1, 0.15) is 0 Å². The van der Waals surface area contributed by atoms with Crippen LogP contribution in [0.3, 0.4) is 0 Å². The summed E-state index contributed by atoms with van der Waals surface area (Å²) in [5, 5.41) is 0. The highest BCUT2D eigenvalue weighted by atomic mass is 31.2. The third-order valence-corrected chi connectivity index (χ3v) is 2.03. The van der Waals surface area contributed by atoms with Crippen LogP contribution in [0, 0.1) is 0 Å². The second-order valence-electron chi connectivity index (χ2n) is 4.16. The maximum Gasteiger partial charge on any atom is 0.470 e. The summed E-state index contributed by atoms with van der Waals surface area (Å²) in [4.78, 5) is 28.5. The van der Waals surface area contributed by atoms with Crippen molar-refractivity contribution >= 4 is 13.6 Å². The lowest BCUT2D eigenvalue weighted by molar-refractivity contribution is -0.872. The molecule has 7 heteroatoms. The zero-order valence-electron chi connectivity index (χ0n) is 9.08. The molecule has 6 nitrogen and oxygen atoms in total. The predicted octanol–water partition coefficient (Wildman–Crippen LogP) is -0.0744. The maximum atomic E-state index is 11.3. The van der Waals surface area contributed by atoms with Crippen molar-refractivity contribution in [2.75, 3.05) is 27.7 Å². The summed E-state index contributed by atoms with van der Waals surface area (Å²) in [6.45, 7) is 3.41. The molecule has 1 atom stereocenters. The smallest absolute Gasteiger partial charge is 0.328 e. The van der Waals surface area contributed by atoms with Gasteiger partial charge >= 0.3 is 7.82 Å². The number of carbonyl (C=O) groups excluding carboxylic acids is 1. The molecule has 0 radical (unpaired) electrons. The van der Waals surface area contributed by atoms with Crippen LogP contribution in [0.5, 0.6) is 0 Å². The second kappa shape index (κ2) is 5.01. The van der Waals surface area contributed by atoms with Crippen LogP contribution in [-0.4, -0.2) is 53.8 Å². The molecular weight excluding hydrogens is 221 g/mol. The zero-order chi connectivity index (χ0) is 12.3. The predicted molar refractivity (Wildman–Crippen MR) is 55.0 cm³/mol. The van der Waals surface area contributed by atoms with Crippen LogP contribution in [0.25, 0.3) is 0 Å². The Morgan fingerprint density at radius 2 is 2.00 bits per heavy atom. The van der Waals surface area contributed by atoms with Crippen molar-refractivity contribution in [3.05, 3.63) is 12.7 Å². The van der Waals surface area contributed by atoms with E-state index in [1.165, 1.54) is 0 Å². The number of likely N-dealkylation sites (N-methyl/N-ethyl adjacent to an activating group) is 1. The molecule has 0 aromatic carbocycles. The fraction of sp³-hybridized carbons (Fsp3) is 0.625. The van der Waals surface area contributed by atoms with E-state index < -0.39 is 19.7 Å². The van der Waals surface area contributed by atoms with E-state index in [4.69, 9.17) is 9.79 Å². The van der Waals surface area contributed by atoms with Crippen LogP contribution in [0.2, 0.25) is 0 Å². The molecule has 2 N–H and O–H groups in total. The highest BCUT2D eigenvalue weighted by molar-refractivity contribution is 7.46. The largest absolute Gasteiger partial charge is 0.470 e. The number of quaternary nitrogens is 1. The quantitative estimate of drug-likeness (QED) is 0.384. The van der Waals surface area contributed by atoms with Crippen LogP contribution in [0.15, 0.2) is 12.7 Å². The zero-order valence-corrected chi connectivity index (χ0v) is 9.98. The van der Waals surface area contributed by atoms with Gasteiger partial charge in [-0.2, -0.15) is 0 Å². The normalized spacial score (nSPS) is 14.7. The van der Waals surface area contributed by atoms with Crippen LogP contribution < -0.4 is 0 Å². The average Bonchev–Trinajstić information content (AvgIpc) is 1.96.